The molecule has 1 unspecified atom stereocenters. The molecule has 0 saturated carbocycles. The van der Waals surface area contributed by atoms with Crippen LogP contribution in [0.15, 0.2) is 48.6 Å². The molecule has 0 heteroatoms. The first-order valence-electron chi connectivity index (χ1n) is 10.3. The molecule has 0 aromatic carbocycles. The molecule has 0 nitrogen and oxygen atoms in total. The van der Waals surface area contributed by atoms with Gasteiger partial charge < -0.3 is 0 Å². The van der Waals surface area contributed by atoms with E-state index >= 15 is 0 Å². The van der Waals surface area contributed by atoms with Crippen molar-refractivity contribution in [2.24, 2.45) is 5.92 Å². The van der Waals surface area contributed by atoms with E-state index < -0.39 is 0 Å². The van der Waals surface area contributed by atoms with Crippen molar-refractivity contribution in [1.82, 2.24) is 0 Å². The second-order valence-corrected chi connectivity index (χ2v) is 7.12. The summed E-state index contributed by atoms with van der Waals surface area (Å²) in [6.45, 7) is 14.3. The number of hydrogen-bond donors (Lipinski definition) is 0. The Bertz CT molecular complexity index is 369. The summed E-state index contributed by atoms with van der Waals surface area (Å²) >= 11 is 0. The zero-order chi connectivity index (χ0) is 18.0. The maximum atomic E-state index is 3.71. The van der Waals surface area contributed by atoms with Crippen LogP contribution in [0.1, 0.15) is 97.8 Å². The highest BCUT2D eigenvalue weighted by atomic mass is 14.2. The standard InChI is InChI=1S/C13H20.C11H22/c1-4-6-7-13-10-11(3)8-9-12(13)5-2;1-3-5-7-9-11-10-8-6-4-2/h4,6-7,11H,1,5,8-10H2,2-3H3;3H,1,4-11H2,2H3. The van der Waals surface area contributed by atoms with E-state index in [4.69, 9.17) is 0 Å². The van der Waals surface area contributed by atoms with Gasteiger partial charge in [0, 0.05) is 0 Å². The van der Waals surface area contributed by atoms with E-state index in [2.05, 4.69) is 46.1 Å². The Kier molecular flexibility index (Phi) is 16.1. The fourth-order valence-corrected chi connectivity index (χ4v) is 3.22. The lowest BCUT2D eigenvalue weighted by Gasteiger charge is -2.22. The average Bonchev–Trinajstić information content (AvgIpc) is 2.60. The molecule has 138 valence electrons. The Labute approximate surface area is 152 Å². The van der Waals surface area contributed by atoms with Crippen molar-refractivity contribution in [1.29, 1.82) is 0 Å². The third kappa shape index (κ3) is 12.4. The van der Waals surface area contributed by atoms with E-state index in [1.807, 2.05) is 12.2 Å². The minimum atomic E-state index is 0.861. The molecule has 0 fully saturated rings. The van der Waals surface area contributed by atoms with Gasteiger partial charge in [-0.1, -0.05) is 95.8 Å². The minimum Gasteiger partial charge on any atom is -0.103 e. The smallest absolute Gasteiger partial charge is 0.0253 e. The van der Waals surface area contributed by atoms with Crippen LogP contribution in [0.25, 0.3) is 0 Å². The summed E-state index contributed by atoms with van der Waals surface area (Å²) < 4.78 is 0. The normalized spacial score (nSPS) is 17.5. The Hall–Kier alpha value is -1.04. The molecule has 0 radical (unpaired) electrons. The first kappa shape index (κ1) is 23.0. The molecular weight excluding hydrogens is 288 g/mol. The number of unbranched alkanes of at least 4 members (excludes halogenated alkanes) is 7. The van der Waals surface area contributed by atoms with Crippen LogP contribution < -0.4 is 0 Å². The van der Waals surface area contributed by atoms with Crippen LogP contribution in [0.3, 0.4) is 0 Å². The van der Waals surface area contributed by atoms with Gasteiger partial charge in [0.15, 0.2) is 0 Å². The quantitative estimate of drug-likeness (QED) is 0.202. The molecule has 0 heterocycles. The SMILES string of the molecule is C=CC=CC1=C(CC)CCC(C)C1.C=CCCCCCCCCC. The topological polar surface area (TPSA) is 0 Å². The molecule has 1 rings (SSSR count). The van der Waals surface area contributed by atoms with Gasteiger partial charge in [-0.2, -0.15) is 0 Å². The van der Waals surface area contributed by atoms with Crippen molar-refractivity contribution in [3.63, 3.8) is 0 Å². The van der Waals surface area contributed by atoms with Crippen LogP contribution in [0.5, 0.6) is 0 Å². The van der Waals surface area contributed by atoms with E-state index in [1.165, 1.54) is 77.0 Å². The summed E-state index contributed by atoms with van der Waals surface area (Å²) in [5.74, 6) is 0.861. The molecule has 24 heavy (non-hydrogen) atoms. The van der Waals surface area contributed by atoms with Crippen molar-refractivity contribution in [3.8, 4) is 0 Å². The van der Waals surface area contributed by atoms with Crippen molar-refractivity contribution in [2.45, 2.75) is 97.8 Å². The largest absolute Gasteiger partial charge is 0.103 e. The first-order valence-corrected chi connectivity index (χ1v) is 10.3. The lowest BCUT2D eigenvalue weighted by Crippen LogP contribution is -2.06. The summed E-state index contributed by atoms with van der Waals surface area (Å²) in [5.41, 5.74) is 3.21. The summed E-state index contributed by atoms with van der Waals surface area (Å²) in [6.07, 6.45) is 24.3. The monoisotopic (exact) mass is 330 g/mol. The Morgan fingerprint density at radius 3 is 2.25 bits per heavy atom. The molecule has 1 atom stereocenters. The lowest BCUT2D eigenvalue weighted by atomic mass is 9.84. The van der Waals surface area contributed by atoms with Crippen LogP contribution in [0.2, 0.25) is 0 Å². The lowest BCUT2D eigenvalue weighted by molar-refractivity contribution is 0.496. The highest BCUT2D eigenvalue weighted by Crippen LogP contribution is 2.31. The van der Waals surface area contributed by atoms with Crippen molar-refractivity contribution >= 4 is 0 Å². The van der Waals surface area contributed by atoms with E-state index in [1.54, 1.807) is 11.1 Å². The molecular formula is C24H42. The summed E-state index contributed by atoms with van der Waals surface area (Å²) in [4.78, 5) is 0. The molecule has 0 saturated heterocycles. The molecule has 0 N–H and O–H groups in total. The van der Waals surface area contributed by atoms with Gasteiger partial charge in [0.1, 0.15) is 0 Å². The Balaban J connectivity index is 0.000000449. The fourth-order valence-electron chi connectivity index (χ4n) is 3.22. The van der Waals surface area contributed by atoms with E-state index in [9.17, 15) is 0 Å². The summed E-state index contributed by atoms with van der Waals surface area (Å²) in [6, 6.07) is 0. The van der Waals surface area contributed by atoms with Crippen LogP contribution >= 0.6 is 0 Å². The van der Waals surface area contributed by atoms with Crippen molar-refractivity contribution in [2.75, 3.05) is 0 Å². The molecule has 1 aliphatic rings. The third-order valence-electron chi connectivity index (χ3n) is 4.83. The second kappa shape index (κ2) is 16.8. The maximum absolute atomic E-state index is 3.71. The number of allylic oxidation sites excluding steroid dienone is 6. The Morgan fingerprint density at radius 2 is 1.67 bits per heavy atom. The van der Waals surface area contributed by atoms with Gasteiger partial charge in [-0.15, -0.1) is 6.58 Å². The van der Waals surface area contributed by atoms with Gasteiger partial charge in [-0.3, -0.25) is 0 Å². The fraction of sp³-hybridized carbons (Fsp3) is 0.667. The van der Waals surface area contributed by atoms with Crippen LogP contribution in [-0.2, 0) is 0 Å². The molecule has 1 aliphatic carbocycles. The minimum absolute atomic E-state index is 0.861. The van der Waals surface area contributed by atoms with Crippen molar-refractivity contribution in [3.05, 3.63) is 48.6 Å². The van der Waals surface area contributed by atoms with Crippen LogP contribution in [-0.4, -0.2) is 0 Å². The number of hydrogen-bond acceptors (Lipinski definition) is 0. The molecule has 0 amide bonds. The van der Waals surface area contributed by atoms with Crippen molar-refractivity contribution < 1.29 is 0 Å². The van der Waals surface area contributed by atoms with Gasteiger partial charge in [0.25, 0.3) is 0 Å². The summed E-state index contributed by atoms with van der Waals surface area (Å²) in [7, 11) is 0. The first-order chi connectivity index (χ1) is 11.7. The highest BCUT2D eigenvalue weighted by molar-refractivity contribution is 5.29. The van der Waals surface area contributed by atoms with E-state index in [0.29, 0.717) is 0 Å². The second-order valence-electron chi connectivity index (χ2n) is 7.12. The maximum Gasteiger partial charge on any atom is -0.0253 e. The number of rotatable bonds is 11. The van der Waals surface area contributed by atoms with Gasteiger partial charge >= 0.3 is 0 Å². The summed E-state index contributed by atoms with van der Waals surface area (Å²) in [5, 5.41) is 0. The molecule has 0 bridgehead atoms. The van der Waals surface area contributed by atoms with E-state index in [0.717, 1.165) is 5.92 Å². The van der Waals surface area contributed by atoms with Gasteiger partial charge in [0.05, 0.1) is 0 Å². The average molecular weight is 331 g/mol. The molecule has 0 aromatic rings. The van der Waals surface area contributed by atoms with Gasteiger partial charge in [0.2, 0.25) is 0 Å². The van der Waals surface area contributed by atoms with Gasteiger partial charge in [-0.25, -0.2) is 0 Å². The molecule has 0 aliphatic heterocycles. The predicted molar refractivity (Wildman–Crippen MR) is 112 cm³/mol. The zero-order valence-corrected chi connectivity index (χ0v) is 16.8. The van der Waals surface area contributed by atoms with Crippen LogP contribution in [0, 0.1) is 5.92 Å². The third-order valence-corrected chi connectivity index (χ3v) is 4.83. The van der Waals surface area contributed by atoms with E-state index in [-0.39, 0.29) is 0 Å². The molecule has 0 spiro atoms. The zero-order valence-electron chi connectivity index (χ0n) is 16.8. The van der Waals surface area contributed by atoms with Crippen LogP contribution in [0.4, 0.5) is 0 Å². The molecule has 0 aromatic heterocycles. The Morgan fingerprint density at radius 1 is 1.00 bits per heavy atom. The van der Waals surface area contributed by atoms with Gasteiger partial charge in [-0.05, 0) is 50.0 Å². The predicted octanol–water partition coefficient (Wildman–Crippen LogP) is 8.57. The highest BCUT2D eigenvalue weighted by Gasteiger charge is 2.14.